The molecule has 0 aliphatic carbocycles. The topological polar surface area (TPSA) is 91.8 Å². The molecule has 2 unspecified atom stereocenters. The SMILES string of the molecule is CC1CCC(CNc2ccncc2[N+](=O)[O-])B1C#N. The van der Waals surface area contributed by atoms with E-state index in [9.17, 15) is 10.1 Å². The molecule has 1 aliphatic rings. The van der Waals surface area contributed by atoms with Crippen molar-refractivity contribution in [3.05, 3.63) is 28.6 Å². The lowest BCUT2D eigenvalue weighted by molar-refractivity contribution is -0.384. The van der Waals surface area contributed by atoms with Crippen molar-refractivity contribution in [2.24, 2.45) is 0 Å². The van der Waals surface area contributed by atoms with Crippen LogP contribution in [0.1, 0.15) is 19.8 Å². The second-order valence-corrected chi connectivity index (χ2v) is 5.00. The molecule has 0 saturated carbocycles. The molecule has 2 rings (SSSR count). The smallest absolute Gasteiger partial charge is 0.310 e. The van der Waals surface area contributed by atoms with Crippen LogP contribution in [0.5, 0.6) is 0 Å². The number of hydrogen-bond acceptors (Lipinski definition) is 5. The number of rotatable bonds is 4. The molecule has 0 aromatic carbocycles. The molecule has 6 nitrogen and oxygen atoms in total. The van der Waals surface area contributed by atoms with Crippen LogP contribution in [-0.4, -0.2) is 23.2 Å². The van der Waals surface area contributed by atoms with Crippen LogP contribution < -0.4 is 5.32 Å². The number of anilines is 1. The minimum Gasteiger partial charge on any atom is -0.380 e. The summed E-state index contributed by atoms with van der Waals surface area (Å²) in [6.45, 7) is 2.71. The third kappa shape index (κ3) is 2.84. The van der Waals surface area contributed by atoms with Crippen molar-refractivity contribution in [2.75, 3.05) is 11.9 Å². The largest absolute Gasteiger partial charge is 0.380 e. The van der Waals surface area contributed by atoms with E-state index in [1.54, 1.807) is 6.07 Å². The van der Waals surface area contributed by atoms with Crippen LogP contribution in [-0.2, 0) is 0 Å². The lowest BCUT2D eigenvalue weighted by Crippen LogP contribution is -2.23. The Balaban J connectivity index is 2.04. The number of nitro groups is 1. The highest BCUT2D eigenvalue weighted by Crippen LogP contribution is 2.38. The molecule has 0 bridgehead atoms. The summed E-state index contributed by atoms with van der Waals surface area (Å²) >= 11 is 0. The fourth-order valence-corrected chi connectivity index (χ4v) is 2.68. The molecule has 98 valence electrons. The summed E-state index contributed by atoms with van der Waals surface area (Å²) in [5, 5.41) is 23.1. The fraction of sp³-hybridized carbons (Fsp3) is 0.500. The number of aromatic nitrogens is 1. The third-order valence-corrected chi connectivity index (χ3v) is 3.81. The number of hydrogen-bond donors (Lipinski definition) is 1. The predicted molar refractivity (Wildman–Crippen MR) is 73.2 cm³/mol. The summed E-state index contributed by atoms with van der Waals surface area (Å²) in [5.74, 6) is 3.02. The van der Waals surface area contributed by atoms with Crippen molar-refractivity contribution < 1.29 is 4.92 Å². The van der Waals surface area contributed by atoms with Gasteiger partial charge in [0.05, 0.1) is 4.92 Å². The maximum Gasteiger partial charge on any atom is 0.310 e. The number of nitrogens with zero attached hydrogens (tertiary/aromatic N) is 3. The maximum atomic E-state index is 10.9. The Hall–Kier alpha value is -2.10. The van der Waals surface area contributed by atoms with Crippen molar-refractivity contribution >= 4 is 18.1 Å². The Kier molecular flexibility index (Phi) is 4.00. The molecule has 1 fully saturated rings. The molecule has 7 heteroatoms. The molecule has 1 saturated heterocycles. The van der Waals surface area contributed by atoms with Crippen LogP contribution in [0, 0.1) is 21.3 Å². The molecule has 1 aliphatic heterocycles. The highest BCUT2D eigenvalue weighted by Gasteiger charge is 2.37. The summed E-state index contributed by atoms with van der Waals surface area (Å²) in [6, 6.07) is 1.60. The second kappa shape index (κ2) is 5.70. The van der Waals surface area contributed by atoms with Gasteiger partial charge in [0.1, 0.15) is 11.9 Å². The van der Waals surface area contributed by atoms with Crippen molar-refractivity contribution in [1.82, 2.24) is 4.98 Å². The third-order valence-electron chi connectivity index (χ3n) is 3.81. The summed E-state index contributed by atoms with van der Waals surface area (Å²) in [5.41, 5.74) is 0.443. The first-order valence-corrected chi connectivity index (χ1v) is 6.35. The van der Waals surface area contributed by atoms with E-state index in [4.69, 9.17) is 5.26 Å². The molecule has 2 atom stereocenters. The number of nitriles is 1. The Morgan fingerprint density at radius 3 is 3.16 bits per heavy atom. The molecular formula is C12H15BN4O2. The molecule has 2 heterocycles. The molecule has 1 aromatic rings. The molecular weight excluding hydrogens is 243 g/mol. The lowest BCUT2D eigenvalue weighted by atomic mass is 9.39. The van der Waals surface area contributed by atoms with E-state index in [-0.39, 0.29) is 18.2 Å². The standard InChI is InChI=1S/C12H15BN4O2/c1-9-2-3-10(13(9)8-14)6-16-11-4-5-15-7-12(11)17(18)19/h4-5,7,9-10H,2-3,6H2,1H3,(H,15,16). The van der Waals surface area contributed by atoms with E-state index in [0.29, 0.717) is 18.0 Å². The van der Waals surface area contributed by atoms with Crippen LogP contribution >= 0.6 is 0 Å². The van der Waals surface area contributed by atoms with Gasteiger partial charge in [-0.15, -0.1) is 0 Å². The monoisotopic (exact) mass is 258 g/mol. The zero-order chi connectivity index (χ0) is 13.8. The van der Waals surface area contributed by atoms with E-state index in [1.165, 1.54) is 12.4 Å². The Morgan fingerprint density at radius 1 is 1.68 bits per heavy atom. The molecule has 19 heavy (non-hydrogen) atoms. The molecule has 0 amide bonds. The molecule has 0 spiro atoms. The first-order valence-electron chi connectivity index (χ1n) is 6.35. The van der Waals surface area contributed by atoms with Crippen LogP contribution in [0.2, 0.25) is 11.6 Å². The zero-order valence-corrected chi connectivity index (χ0v) is 10.7. The van der Waals surface area contributed by atoms with Gasteiger partial charge in [-0.05, 0) is 11.9 Å². The van der Waals surface area contributed by atoms with Crippen molar-refractivity contribution in [3.8, 4) is 5.97 Å². The quantitative estimate of drug-likeness (QED) is 0.508. The van der Waals surface area contributed by atoms with Gasteiger partial charge < -0.3 is 5.32 Å². The van der Waals surface area contributed by atoms with Crippen LogP contribution in [0.25, 0.3) is 0 Å². The summed E-state index contributed by atoms with van der Waals surface area (Å²) in [4.78, 5) is 14.2. The van der Waals surface area contributed by atoms with Crippen LogP contribution in [0.15, 0.2) is 18.5 Å². The minimum absolute atomic E-state index is 0.0259. The Morgan fingerprint density at radius 2 is 2.47 bits per heavy atom. The average molecular weight is 258 g/mol. The van der Waals surface area contributed by atoms with E-state index >= 15 is 0 Å². The summed E-state index contributed by atoms with van der Waals surface area (Å²) in [7, 11) is 0. The summed E-state index contributed by atoms with van der Waals surface area (Å²) < 4.78 is 0. The predicted octanol–water partition coefficient (Wildman–Crippen LogP) is 2.51. The van der Waals surface area contributed by atoms with Gasteiger partial charge in [0.15, 0.2) is 0 Å². The number of nitrogens with one attached hydrogen (secondary N) is 1. The van der Waals surface area contributed by atoms with Gasteiger partial charge in [0, 0.05) is 18.7 Å². The van der Waals surface area contributed by atoms with Gasteiger partial charge in [0.2, 0.25) is 0 Å². The average Bonchev–Trinajstić information content (AvgIpc) is 2.77. The Labute approximate surface area is 112 Å². The molecule has 1 N–H and O–H groups in total. The zero-order valence-electron chi connectivity index (χ0n) is 10.7. The minimum atomic E-state index is -0.450. The highest BCUT2D eigenvalue weighted by atomic mass is 16.6. The van der Waals surface area contributed by atoms with E-state index in [0.717, 1.165) is 12.8 Å². The van der Waals surface area contributed by atoms with Gasteiger partial charge in [-0.2, -0.15) is 0 Å². The first kappa shape index (κ1) is 13.3. The number of pyridine rings is 1. The normalized spacial score (nSPS) is 22.0. The van der Waals surface area contributed by atoms with Gasteiger partial charge in [0.25, 0.3) is 6.71 Å². The maximum absolute atomic E-state index is 10.9. The first-order chi connectivity index (χ1) is 9.13. The van der Waals surface area contributed by atoms with Crippen LogP contribution in [0.3, 0.4) is 0 Å². The van der Waals surface area contributed by atoms with Crippen molar-refractivity contribution in [1.29, 1.82) is 5.26 Å². The van der Waals surface area contributed by atoms with Crippen LogP contribution in [0.4, 0.5) is 11.4 Å². The van der Waals surface area contributed by atoms with E-state index in [1.807, 2.05) is 0 Å². The van der Waals surface area contributed by atoms with Gasteiger partial charge in [-0.3, -0.25) is 15.1 Å². The molecule has 0 radical (unpaired) electrons. The summed E-state index contributed by atoms with van der Waals surface area (Å²) in [6.07, 6.45) is 4.80. The van der Waals surface area contributed by atoms with Crippen molar-refractivity contribution in [3.63, 3.8) is 0 Å². The fourth-order valence-electron chi connectivity index (χ4n) is 2.68. The van der Waals surface area contributed by atoms with Gasteiger partial charge in [-0.1, -0.05) is 25.6 Å². The van der Waals surface area contributed by atoms with Gasteiger partial charge >= 0.3 is 5.69 Å². The second-order valence-electron chi connectivity index (χ2n) is 5.00. The lowest BCUT2D eigenvalue weighted by Gasteiger charge is -2.14. The highest BCUT2D eigenvalue weighted by molar-refractivity contribution is 6.70. The van der Waals surface area contributed by atoms with E-state index < -0.39 is 4.92 Å². The molecule has 1 aromatic heterocycles. The van der Waals surface area contributed by atoms with E-state index in [2.05, 4.69) is 23.2 Å². The Bertz CT molecular complexity index is 517. The van der Waals surface area contributed by atoms with Gasteiger partial charge in [-0.25, -0.2) is 5.26 Å². The van der Waals surface area contributed by atoms with Crippen molar-refractivity contribution in [2.45, 2.75) is 31.4 Å².